The Labute approximate surface area is 64.5 Å². The van der Waals surface area contributed by atoms with Crippen LogP contribution >= 0.6 is 0 Å². The Bertz CT molecular complexity index is 211. The highest BCUT2D eigenvalue weighted by Gasteiger charge is 2.00. The summed E-state index contributed by atoms with van der Waals surface area (Å²) in [6, 6.07) is 0.123. The van der Waals surface area contributed by atoms with Gasteiger partial charge in [0.05, 0.1) is 0 Å². The molecule has 0 bridgehead atoms. The van der Waals surface area contributed by atoms with Gasteiger partial charge >= 0.3 is 6.01 Å². The molecule has 0 fully saturated rings. The van der Waals surface area contributed by atoms with Gasteiger partial charge in [0.25, 0.3) is 0 Å². The van der Waals surface area contributed by atoms with Crippen molar-refractivity contribution < 1.29 is 9.26 Å². The summed E-state index contributed by atoms with van der Waals surface area (Å²) < 4.78 is 9.42. The predicted octanol–water partition coefficient (Wildman–Crippen LogP) is 0.231. The van der Waals surface area contributed by atoms with E-state index in [0.717, 1.165) is 12.8 Å². The van der Waals surface area contributed by atoms with Crippen LogP contribution in [0.4, 0.5) is 6.01 Å². The van der Waals surface area contributed by atoms with Crippen LogP contribution in [0.25, 0.3) is 0 Å². The van der Waals surface area contributed by atoms with Crippen molar-refractivity contribution in [1.82, 2.24) is 10.1 Å². The molecule has 5 nitrogen and oxygen atoms in total. The number of nitrogen functional groups attached to an aromatic ring is 1. The molecule has 2 N–H and O–H groups in total. The van der Waals surface area contributed by atoms with Crippen LogP contribution < -0.4 is 5.73 Å². The number of aromatic nitrogens is 2. The van der Waals surface area contributed by atoms with Crippen LogP contribution in [-0.2, 0) is 11.2 Å². The number of nitrogens with two attached hydrogens (primary N) is 1. The van der Waals surface area contributed by atoms with Gasteiger partial charge in [-0.3, -0.25) is 0 Å². The maximum Gasteiger partial charge on any atom is 0.318 e. The fourth-order valence-corrected chi connectivity index (χ4v) is 0.744. The molecule has 0 amide bonds. The van der Waals surface area contributed by atoms with Crippen LogP contribution in [0.5, 0.6) is 0 Å². The van der Waals surface area contributed by atoms with Crippen molar-refractivity contribution in [2.45, 2.75) is 12.8 Å². The Morgan fingerprint density at radius 1 is 1.64 bits per heavy atom. The lowest BCUT2D eigenvalue weighted by Gasteiger charge is -1.92. The molecule has 0 saturated heterocycles. The summed E-state index contributed by atoms with van der Waals surface area (Å²) >= 11 is 0. The molecule has 0 unspecified atom stereocenters. The van der Waals surface area contributed by atoms with E-state index in [1.807, 2.05) is 0 Å². The van der Waals surface area contributed by atoms with E-state index >= 15 is 0 Å². The van der Waals surface area contributed by atoms with Crippen molar-refractivity contribution in [3.8, 4) is 0 Å². The van der Waals surface area contributed by atoms with Gasteiger partial charge in [0.15, 0.2) is 5.82 Å². The van der Waals surface area contributed by atoms with Crippen molar-refractivity contribution >= 4 is 6.01 Å². The molecule has 0 spiro atoms. The Hall–Kier alpha value is -1.10. The van der Waals surface area contributed by atoms with E-state index in [2.05, 4.69) is 14.7 Å². The normalized spacial score (nSPS) is 10.3. The fourth-order valence-electron chi connectivity index (χ4n) is 0.744. The van der Waals surface area contributed by atoms with Gasteiger partial charge in [-0.25, -0.2) is 0 Å². The first-order valence-electron chi connectivity index (χ1n) is 3.40. The van der Waals surface area contributed by atoms with Crippen molar-refractivity contribution in [2.75, 3.05) is 19.5 Å². The van der Waals surface area contributed by atoms with Gasteiger partial charge in [-0.05, 0) is 6.42 Å². The fraction of sp³-hybridized carbons (Fsp3) is 0.667. The minimum absolute atomic E-state index is 0.123. The summed E-state index contributed by atoms with van der Waals surface area (Å²) in [5, 5.41) is 3.62. The zero-order valence-electron chi connectivity index (χ0n) is 6.41. The number of nitrogens with zero attached hydrogens (tertiary/aromatic N) is 2. The van der Waals surface area contributed by atoms with Gasteiger partial charge in [0, 0.05) is 20.1 Å². The van der Waals surface area contributed by atoms with Crippen molar-refractivity contribution in [3.05, 3.63) is 5.82 Å². The second kappa shape index (κ2) is 3.92. The maximum absolute atomic E-state index is 5.21. The van der Waals surface area contributed by atoms with Gasteiger partial charge in [-0.1, -0.05) is 5.16 Å². The monoisotopic (exact) mass is 157 g/mol. The molecule has 1 aromatic rings. The second-order valence-corrected chi connectivity index (χ2v) is 2.15. The van der Waals surface area contributed by atoms with Crippen LogP contribution in [0.2, 0.25) is 0 Å². The highest BCUT2D eigenvalue weighted by atomic mass is 16.5. The molecule has 0 atom stereocenters. The molecular weight excluding hydrogens is 146 g/mol. The lowest BCUT2D eigenvalue weighted by atomic mass is 10.3. The zero-order chi connectivity index (χ0) is 8.10. The van der Waals surface area contributed by atoms with Crippen LogP contribution in [0.3, 0.4) is 0 Å². The Kier molecular flexibility index (Phi) is 2.85. The number of aryl methyl sites for hydroxylation is 1. The zero-order valence-corrected chi connectivity index (χ0v) is 6.41. The Balaban J connectivity index is 2.27. The summed E-state index contributed by atoms with van der Waals surface area (Å²) in [5.41, 5.74) is 5.21. The molecule has 0 aliphatic carbocycles. The predicted molar refractivity (Wildman–Crippen MR) is 38.9 cm³/mol. The summed E-state index contributed by atoms with van der Waals surface area (Å²) in [6.07, 6.45) is 1.63. The summed E-state index contributed by atoms with van der Waals surface area (Å²) in [5.74, 6) is 0.638. The summed E-state index contributed by atoms with van der Waals surface area (Å²) in [7, 11) is 1.66. The largest absolute Gasteiger partial charge is 0.385 e. The molecule has 1 rings (SSSR count). The molecule has 0 saturated carbocycles. The van der Waals surface area contributed by atoms with Gasteiger partial charge in [-0.2, -0.15) is 4.98 Å². The Morgan fingerprint density at radius 2 is 2.45 bits per heavy atom. The third kappa shape index (κ3) is 2.55. The first-order valence-corrected chi connectivity index (χ1v) is 3.40. The minimum atomic E-state index is 0.123. The van der Waals surface area contributed by atoms with E-state index in [1.54, 1.807) is 7.11 Å². The molecule has 1 aromatic heterocycles. The SMILES string of the molecule is COCCCc1noc(N)n1. The summed E-state index contributed by atoms with van der Waals surface area (Å²) in [4.78, 5) is 3.83. The maximum atomic E-state index is 5.21. The van der Waals surface area contributed by atoms with E-state index in [0.29, 0.717) is 12.4 Å². The third-order valence-electron chi connectivity index (χ3n) is 1.23. The van der Waals surface area contributed by atoms with E-state index in [9.17, 15) is 0 Å². The Morgan fingerprint density at radius 3 is 3.00 bits per heavy atom. The van der Waals surface area contributed by atoms with Crippen molar-refractivity contribution in [1.29, 1.82) is 0 Å². The molecule has 11 heavy (non-hydrogen) atoms. The van der Waals surface area contributed by atoms with Crippen LogP contribution in [-0.4, -0.2) is 23.9 Å². The van der Waals surface area contributed by atoms with Crippen LogP contribution in [0.1, 0.15) is 12.2 Å². The van der Waals surface area contributed by atoms with Crippen molar-refractivity contribution in [3.63, 3.8) is 0 Å². The van der Waals surface area contributed by atoms with Gasteiger partial charge in [0.1, 0.15) is 0 Å². The second-order valence-electron chi connectivity index (χ2n) is 2.15. The van der Waals surface area contributed by atoms with Crippen LogP contribution in [0.15, 0.2) is 4.52 Å². The van der Waals surface area contributed by atoms with Gasteiger partial charge < -0.3 is 15.0 Å². The number of hydrogen-bond donors (Lipinski definition) is 1. The lowest BCUT2D eigenvalue weighted by molar-refractivity contribution is 0.194. The molecule has 62 valence electrons. The lowest BCUT2D eigenvalue weighted by Crippen LogP contribution is -1.94. The third-order valence-corrected chi connectivity index (χ3v) is 1.23. The topological polar surface area (TPSA) is 74.2 Å². The van der Waals surface area contributed by atoms with E-state index in [4.69, 9.17) is 10.5 Å². The standard InChI is InChI=1S/C6H11N3O2/c1-10-4-2-3-5-8-6(7)11-9-5/h2-4H2,1H3,(H2,7,8,9). The highest BCUT2D eigenvalue weighted by molar-refractivity contribution is 5.06. The molecule has 5 heteroatoms. The number of rotatable bonds is 4. The highest BCUT2D eigenvalue weighted by Crippen LogP contribution is 2.00. The summed E-state index contributed by atoms with van der Waals surface area (Å²) in [6.45, 7) is 0.703. The average molecular weight is 157 g/mol. The number of ether oxygens (including phenoxy) is 1. The van der Waals surface area contributed by atoms with Gasteiger partial charge in [-0.15, -0.1) is 0 Å². The average Bonchev–Trinajstić information content (AvgIpc) is 2.37. The van der Waals surface area contributed by atoms with Gasteiger partial charge in [0.2, 0.25) is 0 Å². The molecule has 0 aliphatic rings. The molecule has 0 aromatic carbocycles. The number of hydrogen-bond acceptors (Lipinski definition) is 5. The number of methoxy groups -OCH3 is 1. The van der Waals surface area contributed by atoms with Crippen molar-refractivity contribution in [2.24, 2.45) is 0 Å². The van der Waals surface area contributed by atoms with E-state index in [1.165, 1.54) is 0 Å². The molecule has 0 radical (unpaired) electrons. The quantitative estimate of drug-likeness (QED) is 0.633. The molecule has 0 aliphatic heterocycles. The first kappa shape index (κ1) is 8.00. The van der Waals surface area contributed by atoms with Crippen LogP contribution in [0, 0.1) is 0 Å². The number of anilines is 1. The minimum Gasteiger partial charge on any atom is -0.385 e. The molecule has 1 heterocycles. The van der Waals surface area contributed by atoms with E-state index in [-0.39, 0.29) is 6.01 Å². The molecular formula is C6H11N3O2. The smallest absolute Gasteiger partial charge is 0.318 e. The first-order chi connectivity index (χ1) is 5.33. The van der Waals surface area contributed by atoms with E-state index < -0.39 is 0 Å².